The Bertz CT molecular complexity index is 567. The smallest absolute Gasteiger partial charge is 0.405 e. The van der Waals surface area contributed by atoms with Gasteiger partial charge in [0.15, 0.2) is 0 Å². The van der Waals surface area contributed by atoms with Crippen molar-refractivity contribution in [2.45, 2.75) is 25.0 Å². The molecule has 12 heteroatoms. The number of ether oxygens (including phenoxy) is 1. The summed E-state index contributed by atoms with van der Waals surface area (Å²) in [5, 5.41) is 3.00. The normalized spacial score (nSPS) is 17.0. The Morgan fingerprint density at radius 2 is 1.65 bits per heavy atom. The first-order chi connectivity index (χ1) is 11.1. The number of benzene rings is 1. The Kier molecular flexibility index (Phi) is 10.0. The van der Waals surface area contributed by atoms with Crippen LogP contribution in [0.15, 0.2) is 22.7 Å². The highest BCUT2D eigenvalue weighted by molar-refractivity contribution is 9.10. The SMILES string of the molecule is Cl.Cl.FC(F)(F)C[C@H](c1cc(Br)ccc1OC(F)(F)F)N1CCNCC1. The van der Waals surface area contributed by atoms with Gasteiger partial charge in [-0.1, -0.05) is 15.9 Å². The lowest BCUT2D eigenvalue weighted by Crippen LogP contribution is -2.46. The first kappa shape index (κ1) is 25.6. The highest BCUT2D eigenvalue weighted by atomic mass is 79.9. The predicted octanol–water partition coefficient (Wildman–Crippen LogP) is 5.09. The van der Waals surface area contributed by atoms with E-state index in [1.54, 1.807) is 0 Å². The number of hydrogen-bond donors (Lipinski definition) is 1. The minimum absolute atomic E-state index is 0. The number of hydrogen-bond acceptors (Lipinski definition) is 3. The van der Waals surface area contributed by atoms with Gasteiger partial charge in [-0.25, -0.2) is 0 Å². The number of rotatable bonds is 4. The lowest BCUT2D eigenvalue weighted by molar-refractivity contribution is -0.275. The van der Waals surface area contributed by atoms with Crippen molar-refractivity contribution in [1.82, 2.24) is 10.2 Å². The van der Waals surface area contributed by atoms with E-state index in [1.165, 1.54) is 17.0 Å². The van der Waals surface area contributed by atoms with Crippen LogP contribution in [0.25, 0.3) is 0 Å². The summed E-state index contributed by atoms with van der Waals surface area (Å²) in [6, 6.07) is 2.33. The highest BCUT2D eigenvalue weighted by Crippen LogP contribution is 2.40. The van der Waals surface area contributed by atoms with Crippen LogP contribution in [0.4, 0.5) is 26.3 Å². The molecule has 1 N–H and O–H groups in total. The molecule has 0 aliphatic carbocycles. The molecule has 0 unspecified atom stereocenters. The maximum Gasteiger partial charge on any atom is 0.573 e. The number of halogens is 9. The predicted molar refractivity (Wildman–Crippen MR) is 93.2 cm³/mol. The van der Waals surface area contributed by atoms with Gasteiger partial charge >= 0.3 is 12.5 Å². The molecule has 1 aromatic rings. The van der Waals surface area contributed by atoms with Gasteiger partial charge in [-0.15, -0.1) is 38.0 Å². The molecule has 3 nitrogen and oxygen atoms in total. The third kappa shape index (κ3) is 8.08. The molecule has 0 radical (unpaired) electrons. The average molecular weight is 494 g/mol. The zero-order valence-electron chi connectivity index (χ0n) is 13.2. The molecule has 26 heavy (non-hydrogen) atoms. The molecule has 1 fully saturated rings. The van der Waals surface area contributed by atoms with Gasteiger partial charge in [0, 0.05) is 42.3 Å². The first-order valence-corrected chi connectivity index (χ1v) is 7.91. The fourth-order valence-corrected chi connectivity index (χ4v) is 3.02. The summed E-state index contributed by atoms with van der Waals surface area (Å²) in [5.41, 5.74) is -0.138. The van der Waals surface area contributed by atoms with Gasteiger partial charge in [0.25, 0.3) is 0 Å². The highest BCUT2D eigenvalue weighted by Gasteiger charge is 2.39. The summed E-state index contributed by atoms with van der Waals surface area (Å²) in [6.45, 7) is 1.55. The standard InChI is InChI=1S/C14H15BrF6N2O.2ClH/c15-9-1-2-12(24-14(19,20)21)10(7-9)11(8-13(16,17)18)23-5-3-22-4-6-23;;/h1-2,7,11,22H,3-6,8H2;2*1H/t11-;;/m1../s1. The second-order valence-corrected chi connectivity index (χ2v) is 6.27. The Hall–Kier alpha value is -0.420. The third-order valence-corrected chi connectivity index (χ3v) is 4.07. The van der Waals surface area contributed by atoms with Gasteiger partial charge in [0.1, 0.15) is 5.75 Å². The van der Waals surface area contributed by atoms with Crippen LogP contribution >= 0.6 is 40.7 Å². The zero-order valence-corrected chi connectivity index (χ0v) is 16.4. The summed E-state index contributed by atoms with van der Waals surface area (Å²) in [7, 11) is 0. The van der Waals surface area contributed by atoms with Gasteiger partial charge in [-0.05, 0) is 18.2 Å². The maximum atomic E-state index is 13.0. The molecule has 2 rings (SSSR count). The fraction of sp³-hybridized carbons (Fsp3) is 0.571. The van der Waals surface area contributed by atoms with Crippen molar-refractivity contribution in [2.24, 2.45) is 0 Å². The largest absolute Gasteiger partial charge is 0.573 e. The van der Waals surface area contributed by atoms with E-state index in [2.05, 4.69) is 26.0 Å². The zero-order chi connectivity index (χ0) is 18.0. The Balaban J connectivity index is 0.00000312. The van der Waals surface area contributed by atoms with E-state index >= 15 is 0 Å². The van der Waals surface area contributed by atoms with Crippen molar-refractivity contribution in [3.63, 3.8) is 0 Å². The van der Waals surface area contributed by atoms with Crippen LogP contribution in [-0.2, 0) is 0 Å². The average Bonchev–Trinajstić information content (AvgIpc) is 2.45. The van der Waals surface area contributed by atoms with E-state index in [1.807, 2.05) is 0 Å². The summed E-state index contributed by atoms with van der Waals surface area (Å²) >= 11 is 3.10. The number of piperazine rings is 1. The molecule has 1 heterocycles. The molecule has 1 aliphatic heterocycles. The maximum absolute atomic E-state index is 13.0. The minimum Gasteiger partial charge on any atom is -0.405 e. The first-order valence-electron chi connectivity index (χ1n) is 7.12. The van der Waals surface area contributed by atoms with Crippen LogP contribution < -0.4 is 10.1 Å². The van der Waals surface area contributed by atoms with Crippen molar-refractivity contribution in [1.29, 1.82) is 0 Å². The van der Waals surface area contributed by atoms with E-state index in [-0.39, 0.29) is 30.4 Å². The molecule has 1 aromatic carbocycles. The molecule has 0 saturated carbocycles. The van der Waals surface area contributed by atoms with Crippen LogP contribution in [0.3, 0.4) is 0 Å². The molecule has 0 spiro atoms. The summed E-state index contributed by atoms with van der Waals surface area (Å²) in [6.07, 6.45) is -10.8. The molecule has 1 saturated heterocycles. The quantitative estimate of drug-likeness (QED) is 0.591. The van der Waals surface area contributed by atoms with Crippen LogP contribution in [0, 0.1) is 0 Å². The van der Waals surface area contributed by atoms with Gasteiger partial charge in [-0.3, -0.25) is 4.90 Å². The third-order valence-electron chi connectivity index (χ3n) is 3.57. The Morgan fingerprint density at radius 3 is 2.15 bits per heavy atom. The van der Waals surface area contributed by atoms with Crippen molar-refractivity contribution in [3.05, 3.63) is 28.2 Å². The van der Waals surface area contributed by atoms with E-state index in [0.717, 1.165) is 6.07 Å². The summed E-state index contributed by atoms with van der Waals surface area (Å²) in [5.74, 6) is -0.613. The Morgan fingerprint density at radius 1 is 1.08 bits per heavy atom. The van der Waals surface area contributed by atoms with Crippen molar-refractivity contribution in [3.8, 4) is 5.75 Å². The Labute approximate surface area is 167 Å². The second-order valence-electron chi connectivity index (χ2n) is 5.35. The van der Waals surface area contributed by atoms with E-state index < -0.39 is 30.8 Å². The molecule has 1 aliphatic rings. The van der Waals surface area contributed by atoms with Crippen LogP contribution in [-0.4, -0.2) is 43.6 Å². The molecule has 1 atom stereocenters. The monoisotopic (exact) mass is 492 g/mol. The number of alkyl halides is 6. The lowest BCUT2D eigenvalue weighted by Gasteiger charge is -2.36. The topological polar surface area (TPSA) is 24.5 Å². The second kappa shape index (κ2) is 10.2. The molecule has 152 valence electrons. The van der Waals surface area contributed by atoms with Crippen LogP contribution in [0.2, 0.25) is 0 Å². The van der Waals surface area contributed by atoms with Gasteiger partial charge in [0.05, 0.1) is 6.42 Å². The lowest BCUT2D eigenvalue weighted by atomic mass is 9.99. The molecule has 0 bridgehead atoms. The molecule has 0 amide bonds. The van der Waals surface area contributed by atoms with Gasteiger partial charge < -0.3 is 10.1 Å². The van der Waals surface area contributed by atoms with Crippen molar-refractivity contribution >= 4 is 40.7 Å². The molecular formula is C14H17BrCl2F6N2O. The van der Waals surface area contributed by atoms with E-state index in [0.29, 0.717) is 30.7 Å². The van der Waals surface area contributed by atoms with Gasteiger partial charge in [-0.2, -0.15) is 13.2 Å². The summed E-state index contributed by atoms with van der Waals surface area (Å²) in [4.78, 5) is 1.52. The van der Waals surface area contributed by atoms with E-state index in [4.69, 9.17) is 0 Å². The summed E-state index contributed by atoms with van der Waals surface area (Å²) < 4.78 is 81.1. The van der Waals surface area contributed by atoms with Gasteiger partial charge in [0.2, 0.25) is 0 Å². The number of nitrogens with zero attached hydrogens (tertiary/aromatic N) is 1. The molecule has 0 aromatic heterocycles. The number of nitrogens with one attached hydrogen (secondary N) is 1. The fourth-order valence-electron chi connectivity index (χ4n) is 2.65. The van der Waals surface area contributed by atoms with Crippen molar-refractivity contribution in [2.75, 3.05) is 26.2 Å². The van der Waals surface area contributed by atoms with Crippen molar-refractivity contribution < 1.29 is 31.1 Å². The minimum atomic E-state index is -4.98. The van der Waals surface area contributed by atoms with Crippen LogP contribution in [0.5, 0.6) is 5.75 Å². The van der Waals surface area contributed by atoms with E-state index in [9.17, 15) is 26.3 Å². The molecular weight excluding hydrogens is 477 g/mol. The van der Waals surface area contributed by atoms with Crippen LogP contribution in [0.1, 0.15) is 18.0 Å².